The van der Waals surface area contributed by atoms with E-state index < -0.39 is 5.91 Å². The van der Waals surface area contributed by atoms with Crippen LogP contribution in [0.4, 0.5) is 11.4 Å². The smallest absolute Gasteiger partial charge is 0.250 e. The van der Waals surface area contributed by atoms with Gasteiger partial charge in [-0.25, -0.2) is 0 Å². The largest absolute Gasteiger partial charge is 0.399 e. The van der Waals surface area contributed by atoms with Crippen LogP contribution in [0.1, 0.15) is 23.2 Å². The van der Waals surface area contributed by atoms with E-state index in [0.717, 1.165) is 18.5 Å². The summed E-state index contributed by atoms with van der Waals surface area (Å²) < 4.78 is 0. The van der Waals surface area contributed by atoms with Gasteiger partial charge in [0.2, 0.25) is 0 Å². The number of nitrogen functional groups attached to an aromatic ring is 1. The summed E-state index contributed by atoms with van der Waals surface area (Å²) in [6, 6.07) is 5.67. The molecule has 2 rings (SSSR count). The van der Waals surface area contributed by atoms with Gasteiger partial charge >= 0.3 is 0 Å². The number of carbonyl (C=O) groups is 1. The molecule has 0 saturated carbocycles. The summed E-state index contributed by atoms with van der Waals surface area (Å²) in [4.78, 5) is 11.3. The molecule has 0 spiro atoms. The van der Waals surface area contributed by atoms with Crippen molar-refractivity contribution in [3.05, 3.63) is 23.8 Å². The highest BCUT2D eigenvalue weighted by atomic mass is 32.2. The van der Waals surface area contributed by atoms with Gasteiger partial charge in [-0.05, 0) is 42.5 Å². The molecule has 1 fully saturated rings. The van der Waals surface area contributed by atoms with Gasteiger partial charge in [0, 0.05) is 17.4 Å². The van der Waals surface area contributed by atoms with Crippen molar-refractivity contribution < 1.29 is 4.79 Å². The fourth-order valence-corrected chi connectivity index (χ4v) is 3.06. The zero-order valence-corrected chi connectivity index (χ0v) is 10.4. The number of amides is 1. The van der Waals surface area contributed by atoms with Crippen molar-refractivity contribution in [1.29, 1.82) is 0 Å². The van der Waals surface area contributed by atoms with Crippen LogP contribution in [0, 0.1) is 0 Å². The summed E-state index contributed by atoms with van der Waals surface area (Å²) in [6.07, 6.45) is 2.24. The van der Waals surface area contributed by atoms with Crippen LogP contribution in [0.5, 0.6) is 0 Å². The predicted molar refractivity (Wildman–Crippen MR) is 73.3 cm³/mol. The maximum Gasteiger partial charge on any atom is 0.250 e. The minimum absolute atomic E-state index is 0.429. The second kappa shape index (κ2) is 5.31. The molecule has 0 aromatic heterocycles. The molecule has 1 heterocycles. The van der Waals surface area contributed by atoms with Gasteiger partial charge < -0.3 is 16.8 Å². The van der Waals surface area contributed by atoms with Gasteiger partial charge in [0.25, 0.3) is 5.91 Å². The van der Waals surface area contributed by atoms with Crippen molar-refractivity contribution in [1.82, 2.24) is 0 Å². The number of anilines is 2. The number of rotatable bonds is 3. The molecule has 0 bridgehead atoms. The number of carbonyl (C=O) groups excluding carboxylic acids is 1. The van der Waals surface area contributed by atoms with Crippen molar-refractivity contribution in [3.63, 3.8) is 0 Å². The molecule has 1 aliphatic rings. The van der Waals surface area contributed by atoms with Crippen LogP contribution in [0.2, 0.25) is 0 Å². The minimum atomic E-state index is -0.440. The van der Waals surface area contributed by atoms with Crippen molar-refractivity contribution in [2.75, 3.05) is 22.6 Å². The van der Waals surface area contributed by atoms with Crippen molar-refractivity contribution in [3.8, 4) is 0 Å². The van der Waals surface area contributed by atoms with E-state index in [9.17, 15) is 4.79 Å². The molecule has 0 radical (unpaired) electrons. The second-order valence-electron chi connectivity index (χ2n) is 4.20. The van der Waals surface area contributed by atoms with E-state index in [1.807, 2.05) is 17.8 Å². The highest BCUT2D eigenvalue weighted by Gasteiger charge is 2.16. The van der Waals surface area contributed by atoms with Gasteiger partial charge in [0.1, 0.15) is 0 Å². The maximum absolute atomic E-state index is 11.3. The third-order valence-corrected chi connectivity index (χ3v) is 3.94. The molecule has 0 aliphatic carbocycles. The highest BCUT2D eigenvalue weighted by molar-refractivity contribution is 7.99. The average molecular weight is 251 g/mol. The zero-order chi connectivity index (χ0) is 12.3. The Bertz CT molecular complexity index is 416. The van der Waals surface area contributed by atoms with Crippen molar-refractivity contribution >= 4 is 29.0 Å². The third-order valence-electron chi connectivity index (χ3n) is 2.89. The van der Waals surface area contributed by atoms with E-state index in [0.29, 0.717) is 17.3 Å². The number of benzene rings is 1. The SMILES string of the molecule is NC(=O)c1cc(N)ccc1NC1CCSCC1. The molecular weight excluding hydrogens is 234 g/mol. The van der Waals surface area contributed by atoms with Gasteiger partial charge in [0.15, 0.2) is 0 Å². The summed E-state index contributed by atoms with van der Waals surface area (Å²) in [6.45, 7) is 0. The fourth-order valence-electron chi connectivity index (χ4n) is 1.95. The Morgan fingerprint density at radius 3 is 2.71 bits per heavy atom. The molecule has 0 unspecified atom stereocenters. The molecule has 1 aromatic carbocycles. The lowest BCUT2D eigenvalue weighted by Crippen LogP contribution is -2.26. The molecule has 1 aliphatic heterocycles. The summed E-state index contributed by atoms with van der Waals surface area (Å²) >= 11 is 1.97. The highest BCUT2D eigenvalue weighted by Crippen LogP contribution is 2.24. The van der Waals surface area contributed by atoms with E-state index in [-0.39, 0.29) is 0 Å². The molecule has 4 nitrogen and oxygen atoms in total. The number of hydrogen-bond acceptors (Lipinski definition) is 4. The molecule has 0 atom stereocenters. The van der Waals surface area contributed by atoms with Crippen LogP contribution in [0.25, 0.3) is 0 Å². The zero-order valence-electron chi connectivity index (χ0n) is 9.61. The normalized spacial score (nSPS) is 16.7. The lowest BCUT2D eigenvalue weighted by atomic mass is 10.1. The van der Waals surface area contributed by atoms with Gasteiger partial charge in [0.05, 0.1) is 5.56 Å². The first-order chi connectivity index (χ1) is 8.16. The first-order valence-electron chi connectivity index (χ1n) is 5.70. The van der Waals surface area contributed by atoms with E-state index in [2.05, 4.69) is 5.32 Å². The second-order valence-corrected chi connectivity index (χ2v) is 5.43. The van der Waals surface area contributed by atoms with Gasteiger partial charge in [-0.1, -0.05) is 0 Å². The Hall–Kier alpha value is -1.36. The van der Waals surface area contributed by atoms with Gasteiger partial charge in [-0.2, -0.15) is 11.8 Å². The van der Waals surface area contributed by atoms with E-state index >= 15 is 0 Å². The Morgan fingerprint density at radius 1 is 1.35 bits per heavy atom. The lowest BCUT2D eigenvalue weighted by molar-refractivity contribution is 0.100. The van der Waals surface area contributed by atoms with Gasteiger partial charge in [-0.3, -0.25) is 4.79 Å². The first kappa shape index (κ1) is 12.1. The molecule has 17 heavy (non-hydrogen) atoms. The van der Waals surface area contributed by atoms with Crippen LogP contribution < -0.4 is 16.8 Å². The third kappa shape index (κ3) is 3.06. The van der Waals surface area contributed by atoms with Crippen molar-refractivity contribution in [2.45, 2.75) is 18.9 Å². The summed E-state index contributed by atoms with van der Waals surface area (Å²) in [5.74, 6) is 1.89. The first-order valence-corrected chi connectivity index (χ1v) is 6.86. The summed E-state index contributed by atoms with van der Waals surface area (Å²) in [5, 5.41) is 3.39. The van der Waals surface area contributed by atoms with Crippen LogP contribution in [0.15, 0.2) is 18.2 Å². The maximum atomic E-state index is 11.3. The fraction of sp³-hybridized carbons (Fsp3) is 0.417. The number of nitrogens with one attached hydrogen (secondary N) is 1. The van der Waals surface area contributed by atoms with E-state index in [1.165, 1.54) is 11.5 Å². The molecule has 5 N–H and O–H groups in total. The monoisotopic (exact) mass is 251 g/mol. The summed E-state index contributed by atoms with van der Waals surface area (Å²) in [7, 11) is 0. The molecule has 1 saturated heterocycles. The molecule has 1 amide bonds. The van der Waals surface area contributed by atoms with Crippen LogP contribution >= 0.6 is 11.8 Å². The molecule has 1 aromatic rings. The molecule has 92 valence electrons. The average Bonchev–Trinajstić information content (AvgIpc) is 2.32. The number of primary amides is 1. The van der Waals surface area contributed by atoms with Crippen LogP contribution in [0.3, 0.4) is 0 Å². The Kier molecular flexibility index (Phi) is 3.78. The van der Waals surface area contributed by atoms with Crippen molar-refractivity contribution in [2.24, 2.45) is 5.73 Å². The molecular formula is C12H17N3OS. The van der Waals surface area contributed by atoms with Crippen LogP contribution in [-0.2, 0) is 0 Å². The van der Waals surface area contributed by atoms with Crippen LogP contribution in [-0.4, -0.2) is 23.5 Å². The standard InChI is InChI=1S/C12H17N3OS/c13-8-1-2-11(10(7-8)12(14)16)15-9-3-5-17-6-4-9/h1-2,7,9,15H,3-6,13H2,(H2,14,16). The topological polar surface area (TPSA) is 81.1 Å². The summed E-state index contributed by atoms with van der Waals surface area (Å²) in [5.41, 5.74) is 12.8. The Labute approximate surface area is 105 Å². The number of hydrogen-bond donors (Lipinski definition) is 3. The van der Waals surface area contributed by atoms with E-state index in [4.69, 9.17) is 11.5 Å². The Balaban J connectivity index is 2.16. The van der Waals surface area contributed by atoms with Gasteiger partial charge in [-0.15, -0.1) is 0 Å². The molecule has 5 heteroatoms. The number of thioether (sulfide) groups is 1. The minimum Gasteiger partial charge on any atom is -0.399 e. The predicted octanol–water partition coefficient (Wildman–Crippen LogP) is 1.68. The number of nitrogens with two attached hydrogens (primary N) is 2. The quantitative estimate of drug-likeness (QED) is 0.714. The Morgan fingerprint density at radius 2 is 2.06 bits per heavy atom. The lowest BCUT2D eigenvalue weighted by Gasteiger charge is -2.24. The van der Waals surface area contributed by atoms with E-state index in [1.54, 1.807) is 12.1 Å².